The van der Waals surface area contributed by atoms with Gasteiger partial charge in [-0.15, -0.1) is 0 Å². The van der Waals surface area contributed by atoms with Gasteiger partial charge in [-0.25, -0.2) is 9.69 Å². The maximum atomic E-state index is 13.0. The Bertz CT molecular complexity index is 1400. The molecule has 4 rings (SSSR count). The number of fused-ring (bicyclic) bond motifs is 1. The summed E-state index contributed by atoms with van der Waals surface area (Å²) in [7, 11) is 0. The average molecular weight is 761 g/mol. The molecule has 2 heterocycles. The number of carbonyl (C=O) groups excluding carboxylic acids is 3. The fourth-order valence-electron chi connectivity index (χ4n) is 6.89. The van der Waals surface area contributed by atoms with Crippen molar-refractivity contribution in [3.63, 3.8) is 0 Å². The molecule has 0 aromatic heterocycles. The number of carbonyl (C=O) groups is 3. The third-order valence-corrected chi connectivity index (χ3v) is 10.8. The van der Waals surface area contributed by atoms with Gasteiger partial charge < -0.3 is 19.1 Å². The SMILES string of the molecule is CCCCCCCCCCCCCCCC(=O)OCOC(=O)N1C(=O)CCc2ccc(OCCCCN3CCN(c4cccc(Cl)c4Cl)CC3)cc21. The van der Waals surface area contributed by atoms with Gasteiger partial charge in [0.15, 0.2) is 0 Å². The lowest BCUT2D eigenvalue weighted by Crippen LogP contribution is -2.46. The molecule has 2 amide bonds. The molecule has 52 heavy (non-hydrogen) atoms. The van der Waals surface area contributed by atoms with Crippen LogP contribution in [0.2, 0.25) is 10.0 Å². The van der Waals surface area contributed by atoms with Crippen LogP contribution in [0.25, 0.3) is 0 Å². The van der Waals surface area contributed by atoms with Crippen molar-refractivity contribution in [2.45, 2.75) is 122 Å². The lowest BCUT2D eigenvalue weighted by Gasteiger charge is -2.36. The van der Waals surface area contributed by atoms with E-state index in [1.54, 1.807) is 6.07 Å². The zero-order valence-corrected chi connectivity index (χ0v) is 32.7. The first-order valence-electron chi connectivity index (χ1n) is 19.7. The number of ether oxygens (including phenoxy) is 3. The quantitative estimate of drug-likeness (QED) is 0.0629. The Morgan fingerprint density at radius 2 is 1.40 bits per heavy atom. The number of hydrogen-bond donors (Lipinski definition) is 0. The molecule has 2 aliphatic heterocycles. The molecule has 2 aromatic rings. The Labute approximate surface area is 321 Å². The molecule has 0 N–H and O–H groups in total. The van der Waals surface area contributed by atoms with Crippen LogP contribution < -0.4 is 14.5 Å². The Morgan fingerprint density at radius 1 is 0.731 bits per heavy atom. The Morgan fingerprint density at radius 3 is 2.10 bits per heavy atom. The minimum Gasteiger partial charge on any atom is -0.494 e. The number of amides is 2. The van der Waals surface area contributed by atoms with E-state index in [9.17, 15) is 14.4 Å². The maximum absolute atomic E-state index is 13.0. The van der Waals surface area contributed by atoms with E-state index in [2.05, 4.69) is 16.7 Å². The molecule has 1 fully saturated rings. The molecule has 288 valence electrons. The highest BCUT2D eigenvalue weighted by Gasteiger charge is 2.31. The summed E-state index contributed by atoms with van der Waals surface area (Å²) in [5, 5.41) is 1.19. The molecular formula is C41H59Cl2N3O6. The van der Waals surface area contributed by atoms with Crippen LogP contribution in [0, 0.1) is 0 Å². The molecule has 0 saturated carbocycles. The van der Waals surface area contributed by atoms with Gasteiger partial charge >= 0.3 is 12.1 Å². The van der Waals surface area contributed by atoms with E-state index in [1.807, 2.05) is 30.3 Å². The number of halogens is 2. The van der Waals surface area contributed by atoms with Crippen molar-refractivity contribution < 1.29 is 28.6 Å². The van der Waals surface area contributed by atoms with Crippen LogP contribution >= 0.6 is 23.2 Å². The van der Waals surface area contributed by atoms with E-state index in [0.717, 1.165) is 81.0 Å². The summed E-state index contributed by atoms with van der Waals surface area (Å²) in [5.74, 6) is -0.171. The fraction of sp³-hybridized carbons (Fsp3) is 0.634. The predicted octanol–water partition coefficient (Wildman–Crippen LogP) is 10.4. The van der Waals surface area contributed by atoms with Gasteiger partial charge in [-0.05, 0) is 56.0 Å². The number of aryl methyl sites for hydroxylation is 1. The molecule has 11 heteroatoms. The first-order valence-corrected chi connectivity index (χ1v) is 20.5. The third kappa shape index (κ3) is 14.1. The maximum Gasteiger partial charge on any atom is 0.424 e. The van der Waals surface area contributed by atoms with Gasteiger partial charge in [-0.1, -0.05) is 119 Å². The second-order valence-corrected chi connectivity index (χ2v) is 14.8. The van der Waals surface area contributed by atoms with E-state index in [-0.39, 0.29) is 18.7 Å². The summed E-state index contributed by atoms with van der Waals surface area (Å²) < 4.78 is 16.4. The molecule has 9 nitrogen and oxygen atoms in total. The molecule has 0 aliphatic carbocycles. The summed E-state index contributed by atoms with van der Waals surface area (Å²) in [4.78, 5) is 43.7. The molecule has 1 saturated heterocycles. The molecule has 0 atom stereocenters. The van der Waals surface area contributed by atoms with Crippen LogP contribution in [0.15, 0.2) is 36.4 Å². The zero-order chi connectivity index (χ0) is 37.0. The van der Waals surface area contributed by atoms with Crippen LogP contribution in [0.5, 0.6) is 5.75 Å². The van der Waals surface area contributed by atoms with Crippen LogP contribution in [0.1, 0.15) is 122 Å². The number of unbranched alkanes of at least 4 members (excludes halogenated alkanes) is 13. The van der Waals surface area contributed by atoms with Crippen molar-refractivity contribution in [2.75, 3.05) is 55.9 Å². The Balaban J connectivity index is 1.07. The van der Waals surface area contributed by atoms with Gasteiger partial charge in [-0.3, -0.25) is 14.5 Å². The highest BCUT2D eigenvalue weighted by molar-refractivity contribution is 6.43. The first kappa shape index (κ1) is 41.7. The zero-order valence-electron chi connectivity index (χ0n) is 31.2. The third-order valence-electron chi connectivity index (χ3n) is 10.0. The number of hydrogen-bond acceptors (Lipinski definition) is 8. The Hall–Kier alpha value is -3.01. The van der Waals surface area contributed by atoms with Crippen LogP contribution in [0.4, 0.5) is 16.2 Å². The second-order valence-electron chi connectivity index (χ2n) is 14.0. The monoisotopic (exact) mass is 759 g/mol. The first-order chi connectivity index (χ1) is 25.4. The number of benzene rings is 2. The Kier molecular flexibility index (Phi) is 19.0. The summed E-state index contributed by atoms with van der Waals surface area (Å²) in [6.07, 6.45) is 18.0. The van der Waals surface area contributed by atoms with Crippen LogP contribution in [-0.2, 0) is 25.5 Å². The summed E-state index contributed by atoms with van der Waals surface area (Å²) in [6.45, 7) is 6.92. The molecular weight excluding hydrogens is 701 g/mol. The number of piperazine rings is 1. The van der Waals surface area contributed by atoms with E-state index in [4.69, 9.17) is 37.4 Å². The molecule has 2 aliphatic rings. The highest BCUT2D eigenvalue weighted by atomic mass is 35.5. The van der Waals surface area contributed by atoms with Gasteiger partial charge in [0.05, 0.1) is 28.0 Å². The van der Waals surface area contributed by atoms with Crippen LogP contribution in [-0.4, -0.2) is 69.0 Å². The van der Waals surface area contributed by atoms with E-state index in [0.29, 0.717) is 34.5 Å². The molecule has 2 aromatic carbocycles. The van der Waals surface area contributed by atoms with Gasteiger partial charge in [0, 0.05) is 45.1 Å². The molecule has 0 spiro atoms. The van der Waals surface area contributed by atoms with Crippen molar-refractivity contribution in [1.29, 1.82) is 0 Å². The van der Waals surface area contributed by atoms with Crippen molar-refractivity contribution in [2.24, 2.45) is 0 Å². The summed E-state index contributed by atoms with van der Waals surface area (Å²) >= 11 is 12.6. The highest BCUT2D eigenvalue weighted by Crippen LogP contribution is 2.34. The van der Waals surface area contributed by atoms with Crippen molar-refractivity contribution in [3.05, 3.63) is 52.0 Å². The van der Waals surface area contributed by atoms with E-state index >= 15 is 0 Å². The predicted molar refractivity (Wildman–Crippen MR) is 210 cm³/mol. The smallest absolute Gasteiger partial charge is 0.424 e. The minimum atomic E-state index is -0.852. The van der Waals surface area contributed by atoms with Gasteiger partial charge in [0.2, 0.25) is 12.7 Å². The standard InChI is InChI=1S/C41H59Cl2N3O6/c1-2-3-4-5-6-7-8-9-10-11-12-13-14-20-39(48)51-32-52-41(49)46-37-31-34(23-21-33(37)22-24-38(46)47)50-30-16-15-25-44-26-28-45(29-27-44)36-19-17-18-35(42)40(36)43/h17-19,21,23,31H,2-16,20,22,24-30,32H2,1H3. The lowest BCUT2D eigenvalue weighted by atomic mass is 10.0. The van der Waals surface area contributed by atoms with E-state index in [1.165, 1.54) is 64.2 Å². The normalized spacial score (nSPS) is 14.7. The van der Waals surface area contributed by atoms with Gasteiger partial charge in [0.1, 0.15) is 5.75 Å². The number of rotatable bonds is 23. The van der Waals surface area contributed by atoms with Crippen molar-refractivity contribution in [1.82, 2.24) is 4.90 Å². The van der Waals surface area contributed by atoms with Crippen LogP contribution in [0.3, 0.4) is 0 Å². The van der Waals surface area contributed by atoms with Gasteiger partial charge in [-0.2, -0.15) is 0 Å². The molecule has 0 unspecified atom stereocenters. The fourth-order valence-corrected chi connectivity index (χ4v) is 7.30. The van der Waals surface area contributed by atoms with Gasteiger partial charge in [0.25, 0.3) is 0 Å². The lowest BCUT2D eigenvalue weighted by molar-refractivity contribution is -0.151. The van der Waals surface area contributed by atoms with Crippen molar-refractivity contribution >= 4 is 52.5 Å². The number of esters is 1. The number of nitrogens with zero attached hydrogens (tertiary/aromatic N) is 3. The topological polar surface area (TPSA) is 88.6 Å². The number of anilines is 2. The summed E-state index contributed by atoms with van der Waals surface area (Å²) in [6, 6.07) is 11.2. The van der Waals surface area contributed by atoms with Crippen molar-refractivity contribution in [3.8, 4) is 5.75 Å². The largest absolute Gasteiger partial charge is 0.494 e. The molecule has 0 radical (unpaired) electrons. The molecule has 0 bridgehead atoms. The average Bonchev–Trinajstić information content (AvgIpc) is 3.14. The van der Waals surface area contributed by atoms with E-state index < -0.39 is 18.9 Å². The second kappa shape index (κ2) is 23.6. The summed E-state index contributed by atoms with van der Waals surface area (Å²) in [5.41, 5.74) is 2.30. The number of imide groups is 1. The minimum absolute atomic E-state index is 0.196.